The number of carbonyl (C=O) groups is 2. The molecule has 40 heavy (non-hydrogen) atoms. The number of pyridine rings is 1. The van der Waals surface area contributed by atoms with E-state index in [0.717, 1.165) is 12.8 Å². The van der Waals surface area contributed by atoms with E-state index in [-0.39, 0.29) is 28.6 Å². The second-order valence-electron chi connectivity index (χ2n) is 11.5. The van der Waals surface area contributed by atoms with Crippen LogP contribution < -0.4 is 14.4 Å². The first-order chi connectivity index (χ1) is 18.8. The zero-order valence-corrected chi connectivity index (χ0v) is 23.9. The van der Waals surface area contributed by atoms with Gasteiger partial charge in [0.05, 0.1) is 19.3 Å². The maximum absolute atomic E-state index is 13.4. The first-order valence-corrected chi connectivity index (χ1v) is 13.1. The van der Waals surface area contributed by atoms with E-state index in [0.29, 0.717) is 23.5 Å². The van der Waals surface area contributed by atoms with Crippen LogP contribution in [0.2, 0.25) is 0 Å². The van der Waals surface area contributed by atoms with E-state index in [1.165, 1.54) is 19.6 Å². The van der Waals surface area contributed by atoms with Crippen LogP contribution in [0.4, 0.5) is 15.4 Å². The zero-order chi connectivity index (χ0) is 29.2. The number of nitrogens with zero attached hydrogens (tertiary/aromatic N) is 6. The molecule has 0 spiro atoms. The van der Waals surface area contributed by atoms with Crippen LogP contribution in [0.3, 0.4) is 0 Å². The molecule has 2 amide bonds. The van der Waals surface area contributed by atoms with Crippen LogP contribution >= 0.6 is 0 Å². The Bertz CT molecular complexity index is 1350. The average molecular weight is 557 g/mol. The molecule has 216 valence electrons. The number of fused-ring (bicyclic) bond motifs is 1. The number of hydrogen-bond donors (Lipinski definition) is 1. The normalized spacial score (nSPS) is 17.8. The number of ether oxygens (including phenoxy) is 4. The van der Waals surface area contributed by atoms with Gasteiger partial charge in [0.1, 0.15) is 28.7 Å². The van der Waals surface area contributed by atoms with E-state index in [4.69, 9.17) is 18.9 Å². The lowest BCUT2D eigenvalue weighted by atomic mass is 9.93. The Morgan fingerprint density at radius 1 is 1.00 bits per heavy atom. The van der Waals surface area contributed by atoms with Crippen LogP contribution in [0.5, 0.6) is 17.5 Å². The molecule has 0 aliphatic heterocycles. The minimum absolute atomic E-state index is 0.0266. The summed E-state index contributed by atoms with van der Waals surface area (Å²) in [6, 6.07) is 2.80. The van der Waals surface area contributed by atoms with Crippen LogP contribution in [-0.4, -0.2) is 66.4 Å². The molecule has 1 saturated carbocycles. The minimum atomic E-state index is -1.00. The summed E-state index contributed by atoms with van der Waals surface area (Å²) in [5.74, 6) is 0.465. The minimum Gasteiger partial charge on any atom is -0.497 e. The lowest BCUT2D eigenvalue weighted by Crippen LogP contribution is -2.44. The van der Waals surface area contributed by atoms with Gasteiger partial charge in [-0.2, -0.15) is 4.90 Å². The molecule has 4 rings (SSSR count). The predicted molar refractivity (Wildman–Crippen MR) is 145 cm³/mol. The number of aliphatic hydroxyl groups is 1. The molecule has 0 radical (unpaired) electrons. The number of aliphatic hydroxyl groups excluding tert-OH is 1. The van der Waals surface area contributed by atoms with Crippen molar-refractivity contribution in [1.29, 1.82) is 0 Å². The Labute approximate surface area is 232 Å². The number of methoxy groups -OCH3 is 1. The van der Waals surface area contributed by atoms with E-state index in [1.54, 1.807) is 58.4 Å². The molecular weight excluding hydrogens is 520 g/mol. The molecule has 13 heteroatoms. The van der Waals surface area contributed by atoms with Gasteiger partial charge >= 0.3 is 12.2 Å². The highest BCUT2D eigenvalue weighted by molar-refractivity contribution is 6.14. The summed E-state index contributed by atoms with van der Waals surface area (Å²) in [5, 5.41) is 15.6. The standard InChI is InChI=1S/C27H36N6O7/c1-26(2,3)39-24(35)32(25(36)40-27(4,5)6)21-20-22(30-15-29-21)33(17-10-8-9-11-18(17)34)31-23(20)38-19-14-16(37-7)12-13-28-19/h12-15,17-18,34H,8-11H2,1-7H3/t17-,18+/m1/s1. The monoisotopic (exact) mass is 556 g/mol. The van der Waals surface area contributed by atoms with Crippen molar-refractivity contribution in [3.8, 4) is 17.5 Å². The van der Waals surface area contributed by atoms with Crippen LogP contribution in [0, 0.1) is 0 Å². The molecule has 0 bridgehead atoms. The third-order valence-electron chi connectivity index (χ3n) is 5.95. The molecule has 1 N–H and O–H groups in total. The molecule has 0 unspecified atom stereocenters. The van der Waals surface area contributed by atoms with Gasteiger partial charge in [0, 0.05) is 12.3 Å². The fourth-order valence-corrected chi connectivity index (χ4v) is 4.31. The number of rotatable bonds is 5. The molecule has 2 atom stereocenters. The topological polar surface area (TPSA) is 151 Å². The molecule has 0 saturated heterocycles. The lowest BCUT2D eigenvalue weighted by molar-refractivity contribution is 0.0429. The molecule has 3 heterocycles. The summed E-state index contributed by atoms with van der Waals surface area (Å²) >= 11 is 0. The van der Waals surface area contributed by atoms with E-state index < -0.39 is 35.5 Å². The Balaban J connectivity index is 1.93. The number of carbonyl (C=O) groups excluding carboxylic acids is 2. The van der Waals surface area contributed by atoms with E-state index >= 15 is 0 Å². The number of hydrogen-bond acceptors (Lipinski definition) is 11. The van der Waals surface area contributed by atoms with Gasteiger partial charge < -0.3 is 24.1 Å². The first kappa shape index (κ1) is 29.0. The molecule has 0 aromatic carbocycles. The third kappa shape index (κ3) is 6.58. The van der Waals surface area contributed by atoms with Gasteiger partial charge in [-0.25, -0.2) is 29.2 Å². The van der Waals surface area contributed by atoms with Crippen molar-refractivity contribution < 1.29 is 33.6 Å². The SMILES string of the molecule is COc1ccnc(Oc2nn([C@@H]3CCCC[C@@H]3O)c3ncnc(N(C(=O)OC(C)(C)C)C(=O)OC(C)(C)C)c23)c1. The second kappa shape index (κ2) is 11.2. The first-order valence-electron chi connectivity index (χ1n) is 13.1. The molecule has 3 aromatic rings. The number of amides is 2. The van der Waals surface area contributed by atoms with Gasteiger partial charge in [-0.15, -0.1) is 5.10 Å². The van der Waals surface area contributed by atoms with E-state index in [1.807, 2.05) is 0 Å². The van der Waals surface area contributed by atoms with Crippen LogP contribution in [-0.2, 0) is 9.47 Å². The number of anilines is 1. The van der Waals surface area contributed by atoms with Crippen LogP contribution in [0.1, 0.15) is 73.3 Å². The Kier molecular flexibility index (Phi) is 8.15. The molecular formula is C27H36N6O7. The van der Waals surface area contributed by atoms with Crippen molar-refractivity contribution in [3.05, 3.63) is 24.7 Å². The maximum atomic E-state index is 13.4. The summed E-state index contributed by atoms with van der Waals surface area (Å²) in [5.41, 5.74) is -1.60. The van der Waals surface area contributed by atoms with Crippen LogP contribution in [0.15, 0.2) is 24.7 Å². The van der Waals surface area contributed by atoms with Crippen molar-refractivity contribution in [3.63, 3.8) is 0 Å². The Morgan fingerprint density at radius 2 is 1.65 bits per heavy atom. The van der Waals surface area contributed by atoms with Gasteiger partial charge in [-0.3, -0.25) is 0 Å². The summed E-state index contributed by atoms with van der Waals surface area (Å²) in [6.07, 6.45) is 3.05. The highest BCUT2D eigenvalue weighted by Gasteiger charge is 2.38. The van der Waals surface area contributed by atoms with Crippen molar-refractivity contribution in [1.82, 2.24) is 24.7 Å². The van der Waals surface area contributed by atoms with Crippen LogP contribution in [0.25, 0.3) is 11.0 Å². The largest absolute Gasteiger partial charge is 0.497 e. The van der Waals surface area contributed by atoms with Crippen molar-refractivity contribution in [2.75, 3.05) is 12.0 Å². The molecule has 1 aliphatic carbocycles. The summed E-state index contributed by atoms with van der Waals surface area (Å²) in [7, 11) is 1.51. The molecule has 13 nitrogen and oxygen atoms in total. The quantitative estimate of drug-likeness (QED) is 0.443. The van der Waals surface area contributed by atoms with Gasteiger partial charge in [0.15, 0.2) is 11.5 Å². The van der Waals surface area contributed by atoms with Gasteiger partial charge in [-0.05, 0) is 60.5 Å². The fourth-order valence-electron chi connectivity index (χ4n) is 4.31. The van der Waals surface area contributed by atoms with Gasteiger partial charge in [0.2, 0.25) is 5.88 Å². The van der Waals surface area contributed by atoms with Gasteiger partial charge in [0.25, 0.3) is 5.88 Å². The number of aromatic nitrogens is 5. The Hall–Kier alpha value is -4.00. The maximum Gasteiger partial charge on any atom is 0.425 e. The zero-order valence-electron chi connectivity index (χ0n) is 23.9. The molecule has 1 aliphatic rings. The highest BCUT2D eigenvalue weighted by Crippen LogP contribution is 2.39. The van der Waals surface area contributed by atoms with Crippen molar-refractivity contribution in [2.45, 2.75) is 90.6 Å². The number of imide groups is 1. The summed E-state index contributed by atoms with van der Waals surface area (Å²) in [4.78, 5) is 40.5. The highest BCUT2D eigenvalue weighted by atomic mass is 16.6. The van der Waals surface area contributed by atoms with E-state index in [2.05, 4.69) is 20.1 Å². The lowest BCUT2D eigenvalue weighted by Gasteiger charge is -2.28. The van der Waals surface area contributed by atoms with Gasteiger partial charge in [-0.1, -0.05) is 12.8 Å². The van der Waals surface area contributed by atoms with Crippen molar-refractivity contribution >= 4 is 29.0 Å². The summed E-state index contributed by atoms with van der Waals surface area (Å²) in [6.45, 7) is 10.1. The third-order valence-corrected chi connectivity index (χ3v) is 5.95. The Morgan fingerprint density at radius 3 is 2.25 bits per heavy atom. The smallest absolute Gasteiger partial charge is 0.425 e. The van der Waals surface area contributed by atoms with E-state index in [9.17, 15) is 14.7 Å². The molecule has 3 aromatic heterocycles. The van der Waals surface area contributed by atoms with Crippen molar-refractivity contribution in [2.24, 2.45) is 0 Å². The fraction of sp³-hybridized carbons (Fsp3) is 0.556. The average Bonchev–Trinajstić information content (AvgIpc) is 3.21. The molecule has 1 fully saturated rings. The second-order valence-corrected chi connectivity index (χ2v) is 11.5. The predicted octanol–water partition coefficient (Wildman–Crippen LogP) is 5.17. The summed E-state index contributed by atoms with van der Waals surface area (Å²) < 4.78 is 24.0.